The smallest absolute Gasteiger partial charge is 0.241 e. The van der Waals surface area contributed by atoms with Crippen molar-refractivity contribution in [1.82, 2.24) is 19.8 Å². The number of aromatic nitrogens is 2. The number of hydrogen-bond acceptors (Lipinski definition) is 7. The highest BCUT2D eigenvalue weighted by Crippen LogP contribution is 2.22. The van der Waals surface area contributed by atoms with E-state index in [-0.39, 0.29) is 5.92 Å². The zero-order valence-corrected chi connectivity index (χ0v) is 19.8. The van der Waals surface area contributed by atoms with Crippen LogP contribution in [0.4, 0.5) is 0 Å². The van der Waals surface area contributed by atoms with E-state index in [0.29, 0.717) is 36.3 Å². The van der Waals surface area contributed by atoms with Gasteiger partial charge in [-0.2, -0.15) is 4.98 Å². The molecule has 1 atom stereocenters. The van der Waals surface area contributed by atoms with Gasteiger partial charge in [0, 0.05) is 18.7 Å². The second-order valence-electron chi connectivity index (χ2n) is 8.38. The van der Waals surface area contributed by atoms with Crippen molar-refractivity contribution in [3.05, 3.63) is 60.0 Å². The predicted molar refractivity (Wildman–Crippen MR) is 125 cm³/mol. The molecule has 3 aromatic rings. The van der Waals surface area contributed by atoms with Crippen molar-refractivity contribution in [3.8, 4) is 17.1 Å². The van der Waals surface area contributed by atoms with E-state index in [4.69, 9.17) is 9.26 Å². The number of rotatable bonds is 9. The number of ether oxygens (including phenoxy) is 1. The van der Waals surface area contributed by atoms with Crippen molar-refractivity contribution in [1.29, 1.82) is 0 Å². The predicted octanol–water partition coefficient (Wildman–Crippen LogP) is 3.63. The summed E-state index contributed by atoms with van der Waals surface area (Å²) >= 11 is 0. The molecule has 0 aliphatic carbocycles. The Balaban J connectivity index is 1.31. The summed E-state index contributed by atoms with van der Waals surface area (Å²) < 4.78 is 38.9. The number of benzene rings is 2. The Morgan fingerprint density at radius 2 is 1.91 bits per heavy atom. The van der Waals surface area contributed by atoms with Crippen molar-refractivity contribution < 1.29 is 17.7 Å². The minimum atomic E-state index is -3.51. The fourth-order valence-corrected chi connectivity index (χ4v) is 5.10. The number of nitrogens with zero attached hydrogens (tertiary/aromatic N) is 3. The van der Waals surface area contributed by atoms with E-state index in [9.17, 15) is 8.42 Å². The highest BCUT2D eigenvalue weighted by molar-refractivity contribution is 7.89. The van der Waals surface area contributed by atoms with E-state index >= 15 is 0 Å². The highest BCUT2D eigenvalue weighted by Gasteiger charge is 2.24. The average Bonchev–Trinajstić information content (AvgIpc) is 3.27. The molecule has 0 bridgehead atoms. The van der Waals surface area contributed by atoms with E-state index in [1.165, 1.54) is 0 Å². The molecular formula is C24H30N4O4S. The fourth-order valence-electron chi connectivity index (χ4n) is 3.98. The lowest BCUT2D eigenvalue weighted by atomic mass is 9.98. The van der Waals surface area contributed by atoms with Gasteiger partial charge in [0.15, 0.2) is 0 Å². The van der Waals surface area contributed by atoms with Crippen LogP contribution in [0.1, 0.15) is 31.2 Å². The molecule has 1 aliphatic rings. The van der Waals surface area contributed by atoms with Crippen LogP contribution in [0, 0.1) is 12.8 Å². The lowest BCUT2D eigenvalue weighted by Crippen LogP contribution is -2.40. The quantitative estimate of drug-likeness (QED) is 0.510. The molecule has 2 aromatic carbocycles. The van der Waals surface area contributed by atoms with Crippen LogP contribution < -0.4 is 9.46 Å². The maximum Gasteiger partial charge on any atom is 0.241 e. The first-order valence-electron chi connectivity index (χ1n) is 11.3. The van der Waals surface area contributed by atoms with Crippen LogP contribution in [-0.4, -0.2) is 49.7 Å². The molecule has 1 saturated heterocycles. The molecule has 2 heterocycles. The molecule has 0 radical (unpaired) electrons. The van der Waals surface area contributed by atoms with Gasteiger partial charge in [0.2, 0.25) is 21.7 Å². The maximum absolute atomic E-state index is 12.6. The fraction of sp³-hybridized carbons (Fsp3) is 0.417. The molecule has 8 nitrogen and oxygen atoms in total. The van der Waals surface area contributed by atoms with Gasteiger partial charge >= 0.3 is 0 Å². The summed E-state index contributed by atoms with van der Waals surface area (Å²) in [5, 5.41) is 4.11. The Hall–Kier alpha value is -2.75. The maximum atomic E-state index is 12.6. The molecule has 1 N–H and O–H groups in total. The van der Waals surface area contributed by atoms with Gasteiger partial charge in [0.25, 0.3) is 0 Å². The minimum Gasteiger partial charge on any atom is -0.494 e. The van der Waals surface area contributed by atoms with Crippen LogP contribution in [0.5, 0.6) is 5.75 Å². The first-order valence-corrected chi connectivity index (χ1v) is 12.8. The summed E-state index contributed by atoms with van der Waals surface area (Å²) in [6.07, 6.45) is 1.98. The van der Waals surface area contributed by atoms with Crippen LogP contribution in [0.15, 0.2) is 57.9 Å². The van der Waals surface area contributed by atoms with Crippen molar-refractivity contribution in [3.63, 3.8) is 0 Å². The Morgan fingerprint density at radius 1 is 1.15 bits per heavy atom. The van der Waals surface area contributed by atoms with Crippen molar-refractivity contribution >= 4 is 10.0 Å². The van der Waals surface area contributed by atoms with E-state index < -0.39 is 10.0 Å². The number of likely N-dealkylation sites (tertiary alicyclic amines) is 1. The Morgan fingerprint density at radius 3 is 2.64 bits per heavy atom. The molecule has 1 fully saturated rings. The van der Waals surface area contributed by atoms with E-state index in [1.807, 2.05) is 50.2 Å². The second kappa shape index (κ2) is 10.5. The third-order valence-corrected chi connectivity index (χ3v) is 7.19. The van der Waals surface area contributed by atoms with Gasteiger partial charge in [-0.1, -0.05) is 22.9 Å². The molecule has 1 aliphatic heterocycles. The van der Waals surface area contributed by atoms with Gasteiger partial charge in [-0.05, 0) is 75.5 Å². The standard InChI is InChI=1S/C24H30N4O4S/c1-3-31-21-10-8-20(9-11-21)24-26-23(32-27-24)17-28-14-4-5-19(16-28)15-25-33(29,30)22-12-6-18(2)7-13-22/h6-13,19,25H,3-5,14-17H2,1-2H3. The molecule has 0 amide bonds. The largest absolute Gasteiger partial charge is 0.494 e. The number of hydrogen-bond donors (Lipinski definition) is 1. The van der Waals surface area contributed by atoms with Crippen LogP contribution >= 0.6 is 0 Å². The monoisotopic (exact) mass is 470 g/mol. The van der Waals surface area contributed by atoms with Crippen molar-refractivity contribution in [2.45, 2.75) is 38.1 Å². The van der Waals surface area contributed by atoms with Gasteiger partial charge in [0.1, 0.15) is 5.75 Å². The summed E-state index contributed by atoms with van der Waals surface area (Å²) in [5.74, 6) is 2.14. The minimum absolute atomic E-state index is 0.229. The summed E-state index contributed by atoms with van der Waals surface area (Å²) in [6, 6.07) is 14.5. The summed E-state index contributed by atoms with van der Waals surface area (Å²) in [7, 11) is -3.51. The summed E-state index contributed by atoms with van der Waals surface area (Å²) in [6.45, 7) is 7.16. The first kappa shape index (κ1) is 23.4. The Bertz CT molecular complexity index is 1140. The average molecular weight is 471 g/mol. The lowest BCUT2D eigenvalue weighted by Gasteiger charge is -2.31. The molecule has 176 valence electrons. The molecule has 0 spiro atoms. The van der Waals surface area contributed by atoms with Crippen molar-refractivity contribution in [2.75, 3.05) is 26.2 Å². The zero-order chi connectivity index (χ0) is 23.3. The van der Waals surface area contributed by atoms with E-state index in [0.717, 1.165) is 42.8 Å². The first-order chi connectivity index (χ1) is 15.9. The number of sulfonamides is 1. The number of piperidine rings is 1. The molecule has 1 aromatic heterocycles. The van der Waals surface area contributed by atoms with Gasteiger partial charge in [-0.3, -0.25) is 4.90 Å². The van der Waals surface area contributed by atoms with Gasteiger partial charge in [-0.25, -0.2) is 13.1 Å². The molecule has 0 saturated carbocycles. The van der Waals surface area contributed by atoms with Gasteiger partial charge in [-0.15, -0.1) is 0 Å². The zero-order valence-electron chi connectivity index (χ0n) is 19.0. The topological polar surface area (TPSA) is 97.6 Å². The van der Waals surface area contributed by atoms with Gasteiger partial charge in [0.05, 0.1) is 18.0 Å². The molecule has 1 unspecified atom stereocenters. The van der Waals surface area contributed by atoms with Crippen molar-refractivity contribution in [2.24, 2.45) is 5.92 Å². The Kier molecular flexibility index (Phi) is 7.42. The Labute approximate surface area is 195 Å². The molecule has 9 heteroatoms. The van der Waals surface area contributed by atoms with Crippen LogP contribution in [-0.2, 0) is 16.6 Å². The van der Waals surface area contributed by atoms with Gasteiger partial charge < -0.3 is 9.26 Å². The lowest BCUT2D eigenvalue weighted by molar-refractivity contribution is 0.151. The van der Waals surface area contributed by atoms with E-state index in [2.05, 4.69) is 19.8 Å². The van der Waals surface area contributed by atoms with Crippen LogP contribution in [0.2, 0.25) is 0 Å². The second-order valence-corrected chi connectivity index (χ2v) is 10.1. The van der Waals surface area contributed by atoms with E-state index in [1.54, 1.807) is 12.1 Å². The summed E-state index contributed by atoms with van der Waals surface area (Å²) in [5.41, 5.74) is 1.90. The highest BCUT2D eigenvalue weighted by atomic mass is 32.2. The molecule has 33 heavy (non-hydrogen) atoms. The molecular weight excluding hydrogens is 440 g/mol. The number of aryl methyl sites for hydroxylation is 1. The number of nitrogens with one attached hydrogen (secondary N) is 1. The third-order valence-electron chi connectivity index (χ3n) is 5.75. The van der Waals surface area contributed by atoms with Crippen LogP contribution in [0.3, 0.4) is 0 Å². The SMILES string of the molecule is CCOc1ccc(-c2noc(CN3CCCC(CNS(=O)(=O)c4ccc(C)cc4)C3)n2)cc1. The summed E-state index contributed by atoms with van der Waals surface area (Å²) in [4.78, 5) is 7.07. The molecule has 4 rings (SSSR count). The van der Waals surface area contributed by atoms with Crippen LogP contribution in [0.25, 0.3) is 11.4 Å². The normalized spacial score (nSPS) is 17.2. The third kappa shape index (κ3) is 6.19.